The van der Waals surface area contributed by atoms with Gasteiger partial charge in [-0.05, 0) is 87.4 Å². The molecule has 13 heteroatoms. The number of nitrogens with one attached hydrogen (secondary N) is 1. The number of aromatic nitrogens is 2. The molecule has 0 aliphatic heterocycles. The lowest BCUT2D eigenvalue weighted by Gasteiger charge is -2.09. The minimum Gasteiger partial charge on any atom is -0.497 e. The van der Waals surface area contributed by atoms with Gasteiger partial charge in [0.25, 0.3) is 10.0 Å². The van der Waals surface area contributed by atoms with Crippen LogP contribution in [0.4, 0.5) is 4.79 Å². The molecule has 0 fully saturated rings. The van der Waals surface area contributed by atoms with Gasteiger partial charge in [-0.1, -0.05) is 59.7 Å². The molecule has 0 spiro atoms. The fraction of sp³-hybridized carbons (Fsp3) is 0.200. The number of rotatable bonds is 9. The predicted octanol–water partition coefficient (Wildman–Crippen LogP) is 5.77. The minimum atomic E-state index is -3.98. The molecule has 5 aromatic rings. The zero-order valence-electron chi connectivity index (χ0n) is 27.3. The predicted molar refractivity (Wildman–Crippen MR) is 184 cm³/mol. The number of carbonyl (C=O) groups excluding carboxylic acids is 1. The van der Waals surface area contributed by atoms with Crippen molar-refractivity contribution in [3.8, 4) is 22.6 Å². The maximum atomic E-state index is 12.3. The van der Waals surface area contributed by atoms with E-state index in [1.165, 1.54) is 24.3 Å². The Morgan fingerprint density at radius 1 is 0.771 bits per heavy atom. The van der Waals surface area contributed by atoms with E-state index in [1.807, 2.05) is 85.6 Å². The highest BCUT2D eigenvalue weighted by atomic mass is 32.2. The summed E-state index contributed by atoms with van der Waals surface area (Å²) in [5.41, 5.74) is 7.87. The second kappa shape index (κ2) is 15.3. The third kappa shape index (κ3) is 9.31. The number of sulfonamides is 2. The van der Waals surface area contributed by atoms with Crippen LogP contribution in [0.15, 0.2) is 107 Å². The molecule has 252 valence electrons. The summed E-state index contributed by atoms with van der Waals surface area (Å²) in [6.45, 7) is 7.79. The van der Waals surface area contributed by atoms with E-state index in [4.69, 9.17) is 19.7 Å². The van der Waals surface area contributed by atoms with E-state index in [0.717, 1.165) is 50.6 Å². The molecule has 0 saturated carbocycles. The number of hydrogen-bond acceptors (Lipinski definition) is 8. The molecule has 3 N–H and O–H groups in total. The average Bonchev–Trinajstić information content (AvgIpc) is 3.34. The Kier molecular flexibility index (Phi) is 11.4. The van der Waals surface area contributed by atoms with Crippen LogP contribution in [0.2, 0.25) is 0 Å². The van der Waals surface area contributed by atoms with Crippen molar-refractivity contribution < 1.29 is 31.1 Å². The van der Waals surface area contributed by atoms with Gasteiger partial charge in [-0.2, -0.15) is 5.10 Å². The van der Waals surface area contributed by atoms with Gasteiger partial charge in [-0.3, -0.25) is 0 Å². The molecule has 48 heavy (non-hydrogen) atoms. The van der Waals surface area contributed by atoms with Crippen LogP contribution in [0.3, 0.4) is 0 Å². The molecule has 1 heterocycles. The second-order valence-corrected chi connectivity index (χ2v) is 14.3. The van der Waals surface area contributed by atoms with Crippen molar-refractivity contribution in [3.05, 3.63) is 125 Å². The van der Waals surface area contributed by atoms with Gasteiger partial charge in [-0.25, -0.2) is 36.2 Å². The molecule has 1 amide bonds. The van der Waals surface area contributed by atoms with Gasteiger partial charge in [-0.15, -0.1) is 0 Å². The lowest BCUT2D eigenvalue weighted by molar-refractivity contribution is 0.154. The maximum Gasteiger partial charge on any atom is 0.421 e. The van der Waals surface area contributed by atoms with E-state index in [-0.39, 0.29) is 16.4 Å². The van der Waals surface area contributed by atoms with Crippen molar-refractivity contribution in [2.45, 2.75) is 43.9 Å². The molecule has 0 radical (unpaired) electrons. The van der Waals surface area contributed by atoms with Crippen molar-refractivity contribution >= 4 is 26.1 Å². The average molecular weight is 691 g/mol. The monoisotopic (exact) mass is 690 g/mol. The van der Waals surface area contributed by atoms with Crippen LogP contribution in [-0.4, -0.2) is 46.4 Å². The van der Waals surface area contributed by atoms with Crippen LogP contribution < -0.4 is 14.6 Å². The Morgan fingerprint density at radius 2 is 1.31 bits per heavy atom. The Labute approximate surface area is 281 Å². The number of nitrogens with zero attached hydrogens (tertiary/aromatic N) is 2. The third-order valence-corrected chi connectivity index (χ3v) is 9.63. The molecule has 0 aliphatic carbocycles. The van der Waals surface area contributed by atoms with Crippen LogP contribution in [-0.2, 0) is 31.2 Å². The molecule has 5 rings (SSSR count). The quantitative estimate of drug-likeness (QED) is 0.197. The van der Waals surface area contributed by atoms with Crippen molar-refractivity contribution in [2.75, 3.05) is 13.7 Å². The highest BCUT2D eigenvalue weighted by Crippen LogP contribution is 2.30. The number of methoxy groups -OCH3 is 1. The van der Waals surface area contributed by atoms with E-state index in [0.29, 0.717) is 6.42 Å². The highest BCUT2D eigenvalue weighted by Gasteiger charge is 2.18. The Bertz CT molecular complexity index is 2070. The summed E-state index contributed by atoms with van der Waals surface area (Å²) < 4.78 is 60.2. The van der Waals surface area contributed by atoms with Crippen molar-refractivity contribution in [2.24, 2.45) is 5.14 Å². The molecule has 0 atom stereocenters. The fourth-order valence-electron chi connectivity index (χ4n) is 4.78. The summed E-state index contributed by atoms with van der Waals surface area (Å²) in [4.78, 5) is 12.2. The van der Waals surface area contributed by atoms with E-state index >= 15 is 0 Å². The van der Waals surface area contributed by atoms with Gasteiger partial charge in [0.1, 0.15) is 5.75 Å². The van der Waals surface area contributed by atoms with Crippen LogP contribution in [0.25, 0.3) is 16.8 Å². The first-order valence-corrected chi connectivity index (χ1v) is 17.9. The first-order valence-electron chi connectivity index (χ1n) is 14.8. The molecular formula is C35H38N4O7S2. The van der Waals surface area contributed by atoms with Gasteiger partial charge in [0.15, 0.2) is 0 Å². The standard InChI is InChI=1S/C28H29N3O5S.C7H9NO2S/c1-19-5-15-26(16-6-19)37(33,34)30-28(32)36-18-17-22-7-11-24(12-8-22)31-21(3)27(20(2)29-31)23-9-13-25(35-4)14-10-23;1-6-2-4-7(5-3-6)11(8,9)10/h5-16H,17-18H2,1-4H3,(H,30,32);2-5H,1H3,(H2,8,9,10). The SMILES string of the molecule is COc1ccc(-c2c(C)nn(-c3ccc(CCOC(=O)NS(=O)(=O)c4ccc(C)cc4)cc3)c2C)cc1.Cc1ccc(S(N)(=O)=O)cc1. The van der Waals surface area contributed by atoms with Gasteiger partial charge >= 0.3 is 6.09 Å². The van der Waals surface area contributed by atoms with Gasteiger partial charge in [0, 0.05) is 17.7 Å². The van der Waals surface area contributed by atoms with Crippen molar-refractivity contribution in [3.63, 3.8) is 0 Å². The number of aryl methyl sites for hydroxylation is 3. The molecule has 4 aromatic carbocycles. The molecule has 11 nitrogen and oxygen atoms in total. The number of ether oxygens (including phenoxy) is 2. The molecule has 0 saturated heterocycles. The summed E-state index contributed by atoms with van der Waals surface area (Å²) in [7, 11) is -5.85. The second-order valence-electron chi connectivity index (χ2n) is 11.0. The van der Waals surface area contributed by atoms with E-state index in [2.05, 4.69) is 0 Å². The molecular weight excluding hydrogens is 653 g/mol. The zero-order chi connectivity index (χ0) is 35.1. The normalized spacial score (nSPS) is 11.3. The van der Waals surface area contributed by atoms with Crippen LogP contribution in [0.1, 0.15) is 28.1 Å². The van der Waals surface area contributed by atoms with E-state index < -0.39 is 26.1 Å². The lowest BCUT2D eigenvalue weighted by Crippen LogP contribution is -2.31. The van der Waals surface area contributed by atoms with Crippen molar-refractivity contribution in [1.82, 2.24) is 14.5 Å². The smallest absolute Gasteiger partial charge is 0.421 e. The Morgan fingerprint density at radius 3 is 1.83 bits per heavy atom. The van der Waals surface area contributed by atoms with Crippen LogP contribution in [0.5, 0.6) is 5.75 Å². The third-order valence-electron chi connectivity index (χ3n) is 7.37. The van der Waals surface area contributed by atoms with E-state index in [1.54, 1.807) is 31.4 Å². The molecule has 0 aliphatic rings. The maximum absolute atomic E-state index is 12.3. The fourth-order valence-corrected chi connectivity index (χ4v) is 6.18. The first-order chi connectivity index (χ1) is 22.7. The number of nitrogens with two attached hydrogens (primary N) is 1. The number of carbonyl (C=O) groups is 1. The zero-order valence-corrected chi connectivity index (χ0v) is 28.9. The topological polar surface area (TPSA) is 160 Å². The van der Waals surface area contributed by atoms with Crippen LogP contribution >= 0.6 is 0 Å². The molecule has 0 unspecified atom stereocenters. The van der Waals surface area contributed by atoms with Gasteiger partial charge in [0.05, 0.1) is 34.9 Å². The summed E-state index contributed by atoms with van der Waals surface area (Å²) in [6.07, 6.45) is -0.571. The van der Waals surface area contributed by atoms with Gasteiger partial charge in [0.2, 0.25) is 10.0 Å². The van der Waals surface area contributed by atoms with Crippen LogP contribution in [0, 0.1) is 27.7 Å². The Balaban J connectivity index is 0.000000401. The summed E-state index contributed by atoms with van der Waals surface area (Å²) in [6, 6.07) is 28.3. The van der Waals surface area contributed by atoms with Crippen molar-refractivity contribution in [1.29, 1.82) is 0 Å². The summed E-state index contributed by atoms with van der Waals surface area (Å²) >= 11 is 0. The number of amides is 1. The molecule has 1 aromatic heterocycles. The number of hydrogen-bond donors (Lipinski definition) is 2. The molecule has 0 bridgehead atoms. The first kappa shape index (κ1) is 35.9. The summed E-state index contributed by atoms with van der Waals surface area (Å²) in [5.74, 6) is 0.802. The minimum absolute atomic E-state index is 0.00457. The van der Waals surface area contributed by atoms with E-state index in [9.17, 15) is 21.6 Å². The number of benzene rings is 4. The summed E-state index contributed by atoms with van der Waals surface area (Å²) in [5, 5.41) is 9.61. The highest BCUT2D eigenvalue weighted by molar-refractivity contribution is 7.90. The largest absolute Gasteiger partial charge is 0.497 e. The Hall–Kier alpha value is -4.98. The number of primary sulfonamides is 1. The van der Waals surface area contributed by atoms with Gasteiger partial charge < -0.3 is 9.47 Å². The lowest BCUT2D eigenvalue weighted by atomic mass is 10.0.